The second-order valence-corrected chi connectivity index (χ2v) is 17.9. The van der Waals surface area contributed by atoms with Crippen LogP contribution in [0, 0.1) is 23.7 Å². The summed E-state index contributed by atoms with van der Waals surface area (Å²) >= 11 is 6.54. The number of rotatable bonds is 20. The number of carboxylic acids is 2. The van der Waals surface area contributed by atoms with Crippen molar-refractivity contribution in [3.05, 3.63) is 120 Å². The third-order valence-corrected chi connectivity index (χ3v) is 13.1. The number of hydrogen-bond acceptors (Lipinski definition) is 8. The molecule has 12 heteroatoms. The van der Waals surface area contributed by atoms with Crippen molar-refractivity contribution in [1.82, 2.24) is 9.80 Å². The van der Waals surface area contributed by atoms with Crippen molar-refractivity contribution in [2.24, 2.45) is 23.7 Å². The highest BCUT2D eigenvalue weighted by atomic mass is 32.2. The van der Waals surface area contributed by atoms with E-state index in [-0.39, 0.29) is 13.1 Å². The van der Waals surface area contributed by atoms with E-state index in [0.717, 1.165) is 42.2 Å². The molecule has 0 atom stereocenters. The lowest BCUT2D eigenvalue weighted by atomic mass is 9.55. The van der Waals surface area contributed by atoms with Gasteiger partial charge >= 0.3 is 11.9 Å². The van der Waals surface area contributed by atoms with Crippen molar-refractivity contribution >= 4 is 70.8 Å². The Kier molecular flexibility index (Phi) is 15.9. The summed E-state index contributed by atoms with van der Waals surface area (Å²) < 4.78 is 0. The number of benzene rings is 4. The number of amides is 2. The van der Waals surface area contributed by atoms with E-state index < -0.39 is 47.4 Å². The largest absolute Gasteiger partial charge is 0.481 e. The zero-order valence-corrected chi connectivity index (χ0v) is 33.7. The summed E-state index contributed by atoms with van der Waals surface area (Å²) in [6.07, 6.45) is 0. The second-order valence-electron chi connectivity index (χ2n) is 12.8. The van der Waals surface area contributed by atoms with Gasteiger partial charge < -0.3 is 20.0 Å². The SMILES string of the molecule is CCSCCN(Cc1ccc(Sc2ccccc2)cc1)C(=O)[C@H]1[C@H](C(=O)O)[C@H](C(=O)N(CCSCC)Cc2ccc(Sc3ccccc3)cc2)[C@H]1C(=O)O. The molecule has 0 radical (unpaired) electrons. The van der Waals surface area contributed by atoms with Gasteiger partial charge in [-0.2, -0.15) is 23.5 Å². The normalized spacial score (nSPS) is 17.7. The van der Waals surface area contributed by atoms with Gasteiger partial charge in [-0.05, 0) is 71.2 Å². The van der Waals surface area contributed by atoms with E-state index in [4.69, 9.17) is 0 Å². The lowest BCUT2D eigenvalue weighted by Crippen LogP contribution is -2.64. The first-order valence-corrected chi connectivity index (χ1v) is 22.0. The standard InChI is InChI=1S/C42H46N2O6S4/c1-3-51-25-23-43(27-29-15-19-33(20-16-29)53-31-11-7-5-8-12-31)39(45)35-37(41(47)48)36(38(35)42(49)50)40(46)44(24-26-52-4-2)28-30-17-21-34(22-18-30)54-32-13-9-6-10-14-32/h5-22,35-38H,3-4,23-28H2,1-2H3,(H,47,48)(H,49,50)/t35-,36-,37-,38-. The minimum Gasteiger partial charge on any atom is -0.481 e. The number of nitrogens with zero attached hydrogens (tertiary/aromatic N) is 2. The van der Waals surface area contributed by atoms with Gasteiger partial charge in [0.25, 0.3) is 0 Å². The van der Waals surface area contributed by atoms with Crippen LogP contribution in [0.2, 0.25) is 0 Å². The number of carbonyl (C=O) groups excluding carboxylic acids is 2. The van der Waals surface area contributed by atoms with Crippen LogP contribution in [0.4, 0.5) is 0 Å². The Morgan fingerprint density at radius 1 is 0.500 bits per heavy atom. The van der Waals surface area contributed by atoms with Crippen molar-refractivity contribution in [2.45, 2.75) is 46.5 Å². The van der Waals surface area contributed by atoms with Crippen molar-refractivity contribution in [3.8, 4) is 0 Å². The molecule has 0 aliphatic heterocycles. The summed E-state index contributed by atoms with van der Waals surface area (Å²) in [6, 6.07) is 35.7. The molecule has 4 aromatic rings. The Morgan fingerprint density at radius 3 is 1.15 bits per heavy atom. The van der Waals surface area contributed by atoms with Gasteiger partial charge in [0.2, 0.25) is 11.8 Å². The van der Waals surface area contributed by atoms with Crippen molar-refractivity contribution < 1.29 is 29.4 Å². The fourth-order valence-electron chi connectivity index (χ4n) is 6.59. The van der Waals surface area contributed by atoms with Gasteiger partial charge in [-0.1, -0.05) is 98.0 Å². The van der Waals surface area contributed by atoms with Gasteiger partial charge in [0.05, 0.1) is 23.7 Å². The van der Waals surface area contributed by atoms with Gasteiger partial charge in [0.15, 0.2) is 0 Å². The number of aliphatic carboxylic acids is 2. The molecule has 2 amide bonds. The molecule has 284 valence electrons. The molecule has 1 fully saturated rings. The van der Waals surface area contributed by atoms with Gasteiger partial charge in [-0.3, -0.25) is 19.2 Å². The highest BCUT2D eigenvalue weighted by molar-refractivity contribution is 8.00. The minimum atomic E-state index is -1.46. The minimum absolute atomic E-state index is 0.200. The Bertz CT molecular complexity index is 1690. The summed E-state index contributed by atoms with van der Waals surface area (Å²) in [5.41, 5.74) is 1.70. The molecule has 5 rings (SSSR count). The van der Waals surface area contributed by atoms with Crippen LogP contribution in [0.25, 0.3) is 0 Å². The van der Waals surface area contributed by atoms with Gasteiger partial charge in [-0.15, -0.1) is 0 Å². The van der Waals surface area contributed by atoms with E-state index in [2.05, 4.69) is 0 Å². The Balaban J connectivity index is 1.34. The molecule has 8 nitrogen and oxygen atoms in total. The number of hydrogen-bond donors (Lipinski definition) is 2. The van der Waals surface area contributed by atoms with Crippen molar-refractivity contribution in [2.75, 3.05) is 36.1 Å². The van der Waals surface area contributed by atoms with Crippen LogP contribution >= 0.6 is 47.0 Å². The summed E-state index contributed by atoms with van der Waals surface area (Å²) in [6.45, 7) is 5.09. The predicted octanol–water partition coefficient (Wildman–Crippen LogP) is 8.50. The molecule has 2 N–H and O–H groups in total. The molecule has 4 aromatic carbocycles. The molecule has 0 spiro atoms. The first kappa shape index (κ1) is 41.3. The monoisotopic (exact) mass is 802 g/mol. The molecular weight excluding hydrogens is 757 g/mol. The summed E-state index contributed by atoms with van der Waals surface area (Å²) in [4.78, 5) is 61.8. The highest BCUT2D eigenvalue weighted by Gasteiger charge is 2.64. The third kappa shape index (κ3) is 11.1. The maximum Gasteiger partial charge on any atom is 0.308 e. The van der Waals surface area contributed by atoms with E-state index in [0.29, 0.717) is 24.6 Å². The Labute approximate surface area is 334 Å². The molecule has 1 aliphatic carbocycles. The lowest BCUT2D eigenvalue weighted by molar-refractivity contribution is -0.187. The van der Waals surface area contributed by atoms with Crippen molar-refractivity contribution in [1.29, 1.82) is 0 Å². The summed E-state index contributed by atoms with van der Waals surface area (Å²) in [7, 11) is 0. The quantitative estimate of drug-likeness (QED) is 0.0844. The van der Waals surface area contributed by atoms with Crippen LogP contribution in [0.15, 0.2) is 129 Å². The Hall–Kier alpha value is -3.84. The summed E-state index contributed by atoms with van der Waals surface area (Å²) in [5, 5.41) is 21.0. The average Bonchev–Trinajstić information content (AvgIpc) is 3.15. The average molecular weight is 803 g/mol. The van der Waals surface area contributed by atoms with E-state index in [1.807, 2.05) is 123 Å². The zero-order chi connectivity index (χ0) is 38.5. The maximum atomic E-state index is 14.3. The zero-order valence-electron chi connectivity index (χ0n) is 30.4. The number of thioether (sulfide) groups is 2. The molecule has 1 saturated carbocycles. The highest BCUT2D eigenvalue weighted by Crippen LogP contribution is 2.49. The first-order valence-electron chi connectivity index (χ1n) is 18.0. The van der Waals surface area contributed by atoms with Crippen LogP contribution in [0.3, 0.4) is 0 Å². The van der Waals surface area contributed by atoms with E-state index >= 15 is 0 Å². The second kappa shape index (κ2) is 20.7. The fourth-order valence-corrected chi connectivity index (χ4v) is 9.54. The van der Waals surface area contributed by atoms with Crippen LogP contribution in [-0.2, 0) is 32.3 Å². The smallest absolute Gasteiger partial charge is 0.308 e. The van der Waals surface area contributed by atoms with Crippen LogP contribution in [0.5, 0.6) is 0 Å². The van der Waals surface area contributed by atoms with Crippen LogP contribution in [-0.4, -0.2) is 79.9 Å². The topological polar surface area (TPSA) is 115 Å². The van der Waals surface area contributed by atoms with Gasteiger partial charge in [0, 0.05) is 57.3 Å². The van der Waals surface area contributed by atoms with E-state index in [1.165, 1.54) is 0 Å². The van der Waals surface area contributed by atoms with Crippen LogP contribution in [0.1, 0.15) is 25.0 Å². The fraction of sp³-hybridized carbons (Fsp3) is 0.333. The molecule has 54 heavy (non-hydrogen) atoms. The molecule has 0 unspecified atom stereocenters. The van der Waals surface area contributed by atoms with E-state index in [9.17, 15) is 29.4 Å². The molecule has 1 aliphatic rings. The predicted molar refractivity (Wildman–Crippen MR) is 220 cm³/mol. The van der Waals surface area contributed by atoms with Crippen molar-refractivity contribution in [3.63, 3.8) is 0 Å². The summed E-state index contributed by atoms with van der Waals surface area (Å²) in [5.74, 6) is -6.50. The Morgan fingerprint density at radius 2 is 0.833 bits per heavy atom. The lowest BCUT2D eigenvalue weighted by Gasteiger charge is -2.48. The molecule has 0 heterocycles. The molecule has 0 saturated heterocycles. The van der Waals surface area contributed by atoms with E-state index in [1.54, 1.807) is 56.8 Å². The van der Waals surface area contributed by atoms with Crippen LogP contribution < -0.4 is 0 Å². The van der Waals surface area contributed by atoms with Gasteiger partial charge in [0.1, 0.15) is 0 Å². The third-order valence-electron chi connectivity index (χ3n) is 9.28. The molecule has 0 bridgehead atoms. The number of carboxylic acid groups (broad SMARTS) is 2. The maximum absolute atomic E-state index is 14.3. The number of carbonyl (C=O) groups is 4. The van der Waals surface area contributed by atoms with Gasteiger partial charge in [-0.25, -0.2) is 0 Å². The molecular formula is C42H46N2O6S4. The molecule has 0 aromatic heterocycles. The first-order chi connectivity index (χ1) is 26.2.